The molecule has 0 bridgehead atoms. The second-order valence-corrected chi connectivity index (χ2v) is 7.43. The maximum absolute atomic E-state index is 13.0. The number of carbonyl (C=O) groups is 1. The van der Waals surface area contributed by atoms with Gasteiger partial charge in [0, 0.05) is 37.3 Å². The third-order valence-corrected chi connectivity index (χ3v) is 5.73. The van der Waals surface area contributed by atoms with Crippen molar-refractivity contribution in [2.45, 2.75) is 0 Å². The van der Waals surface area contributed by atoms with E-state index in [1.807, 2.05) is 58.1 Å². The first-order valence-corrected chi connectivity index (χ1v) is 9.49. The second-order valence-electron chi connectivity index (χ2n) is 7.43. The van der Waals surface area contributed by atoms with Gasteiger partial charge in [0.15, 0.2) is 0 Å². The molecule has 136 valence electrons. The van der Waals surface area contributed by atoms with E-state index in [9.17, 15) is 4.79 Å². The zero-order chi connectivity index (χ0) is 18.2. The van der Waals surface area contributed by atoms with E-state index in [0.717, 1.165) is 48.7 Å². The number of nitrogens with zero attached hydrogens (tertiary/aromatic N) is 3. The lowest BCUT2D eigenvalue weighted by Gasteiger charge is -2.18. The van der Waals surface area contributed by atoms with Gasteiger partial charge in [-0.1, -0.05) is 36.4 Å². The Labute approximate surface area is 158 Å². The van der Waals surface area contributed by atoms with Crippen molar-refractivity contribution in [1.29, 1.82) is 0 Å². The van der Waals surface area contributed by atoms with Crippen LogP contribution in [-0.2, 0) is 0 Å². The van der Waals surface area contributed by atoms with E-state index >= 15 is 0 Å². The number of nitrogens with one attached hydrogen (secondary N) is 1. The molecule has 2 atom stereocenters. The Balaban J connectivity index is 1.44. The first kappa shape index (κ1) is 16.3. The molecule has 3 aromatic rings. The molecule has 0 saturated carbocycles. The van der Waals surface area contributed by atoms with E-state index < -0.39 is 0 Å². The number of rotatable bonds is 3. The molecule has 1 aromatic heterocycles. The topological polar surface area (TPSA) is 50.2 Å². The van der Waals surface area contributed by atoms with Crippen LogP contribution in [0.1, 0.15) is 10.4 Å². The lowest BCUT2D eigenvalue weighted by Crippen LogP contribution is -2.31. The maximum Gasteiger partial charge on any atom is 0.253 e. The van der Waals surface area contributed by atoms with Crippen LogP contribution in [-0.4, -0.2) is 46.8 Å². The molecular weight excluding hydrogens is 336 g/mol. The van der Waals surface area contributed by atoms with Crippen LogP contribution in [0.5, 0.6) is 0 Å². The number of hydrogen-bond acceptors (Lipinski definition) is 3. The quantitative estimate of drug-likeness (QED) is 0.783. The zero-order valence-electron chi connectivity index (χ0n) is 15.1. The maximum atomic E-state index is 13.0. The highest BCUT2D eigenvalue weighted by Crippen LogP contribution is 2.28. The van der Waals surface area contributed by atoms with Gasteiger partial charge >= 0.3 is 0 Å². The Hall–Kier alpha value is -2.92. The fraction of sp³-hybridized carbons (Fsp3) is 0.273. The van der Waals surface area contributed by atoms with Crippen LogP contribution >= 0.6 is 0 Å². The van der Waals surface area contributed by atoms with Gasteiger partial charge in [-0.2, -0.15) is 5.10 Å². The van der Waals surface area contributed by atoms with Crippen LogP contribution in [0, 0.1) is 11.8 Å². The molecule has 0 spiro atoms. The monoisotopic (exact) mass is 358 g/mol. The third kappa shape index (κ3) is 2.94. The lowest BCUT2D eigenvalue weighted by molar-refractivity contribution is 0.0781. The molecule has 3 heterocycles. The van der Waals surface area contributed by atoms with E-state index in [2.05, 4.69) is 22.5 Å². The van der Waals surface area contributed by atoms with E-state index in [1.54, 1.807) is 6.20 Å². The first-order chi connectivity index (χ1) is 13.3. The van der Waals surface area contributed by atoms with Crippen molar-refractivity contribution < 1.29 is 4.79 Å². The molecule has 0 unspecified atom stereocenters. The van der Waals surface area contributed by atoms with Crippen molar-refractivity contribution in [1.82, 2.24) is 20.0 Å². The largest absolute Gasteiger partial charge is 0.338 e. The Kier molecular flexibility index (Phi) is 4.02. The van der Waals surface area contributed by atoms with Gasteiger partial charge in [0.1, 0.15) is 0 Å². The molecular formula is C22H22N4O. The molecule has 5 heteroatoms. The third-order valence-electron chi connectivity index (χ3n) is 5.73. The van der Waals surface area contributed by atoms with Crippen molar-refractivity contribution in [3.63, 3.8) is 0 Å². The number of hydrogen-bond donors (Lipinski definition) is 1. The molecule has 2 aliphatic heterocycles. The number of likely N-dealkylation sites (tertiary alicyclic amines) is 1. The van der Waals surface area contributed by atoms with Crippen LogP contribution in [0.15, 0.2) is 66.9 Å². The van der Waals surface area contributed by atoms with Crippen LogP contribution in [0.2, 0.25) is 0 Å². The molecule has 27 heavy (non-hydrogen) atoms. The standard InChI is InChI=1S/C22H22N4O/c27-22(25-14-18-12-23-13-19(18)15-25)17-7-4-8-20(11-17)26-21(9-10-24-26)16-5-2-1-3-6-16/h1-11,18-19,23H,12-15H2/t18-,19+. The van der Waals surface area contributed by atoms with Crippen molar-refractivity contribution in [3.05, 3.63) is 72.4 Å². The lowest BCUT2D eigenvalue weighted by atomic mass is 10.0. The zero-order valence-corrected chi connectivity index (χ0v) is 15.1. The average Bonchev–Trinajstić information content (AvgIpc) is 3.44. The van der Waals surface area contributed by atoms with Crippen LogP contribution in [0.25, 0.3) is 16.9 Å². The van der Waals surface area contributed by atoms with Gasteiger partial charge in [0.25, 0.3) is 5.91 Å². The molecule has 2 saturated heterocycles. The molecule has 5 rings (SSSR count). The average molecular weight is 358 g/mol. The summed E-state index contributed by atoms with van der Waals surface area (Å²) in [6.45, 7) is 3.78. The Morgan fingerprint density at radius 1 is 0.963 bits per heavy atom. The fourth-order valence-corrected chi connectivity index (χ4v) is 4.31. The fourth-order valence-electron chi connectivity index (χ4n) is 4.31. The van der Waals surface area contributed by atoms with E-state index in [4.69, 9.17) is 0 Å². The van der Waals surface area contributed by atoms with Crippen LogP contribution in [0.3, 0.4) is 0 Å². The minimum absolute atomic E-state index is 0.125. The predicted octanol–water partition coefficient (Wildman–Crippen LogP) is 2.83. The highest BCUT2D eigenvalue weighted by Gasteiger charge is 2.38. The smallest absolute Gasteiger partial charge is 0.253 e. The van der Waals surface area contributed by atoms with E-state index in [1.165, 1.54) is 0 Å². The van der Waals surface area contributed by atoms with Crippen molar-refractivity contribution in [3.8, 4) is 16.9 Å². The van der Waals surface area contributed by atoms with Gasteiger partial charge in [-0.25, -0.2) is 4.68 Å². The molecule has 5 nitrogen and oxygen atoms in total. The molecule has 2 aromatic carbocycles. The summed E-state index contributed by atoms with van der Waals surface area (Å²) in [4.78, 5) is 15.0. The SMILES string of the molecule is O=C(c1cccc(-n2nccc2-c2ccccc2)c1)N1C[C@H]2CNC[C@H]2C1. The molecule has 1 amide bonds. The molecule has 2 aliphatic rings. The minimum atomic E-state index is 0.125. The molecule has 0 aliphatic carbocycles. The van der Waals surface area contributed by atoms with E-state index in [-0.39, 0.29) is 5.91 Å². The first-order valence-electron chi connectivity index (χ1n) is 9.49. The van der Waals surface area contributed by atoms with Crippen LogP contribution < -0.4 is 5.32 Å². The Morgan fingerprint density at radius 2 is 1.74 bits per heavy atom. The summed E-state index contributed by atoms with van der Waals surface area (Å²) >= 11 is 0. The highest BCUT2D eigenvalue weighted by atomic mass is 16.2. The van der Waals surface area contributed by atoms with Gasteiger partial charge in [0.05, 0.1) is 17.6 Å². The summed E-state index contributed by atoms with van der Waals surface area (Å²) in [5, 5.41) is 7.91. The number of aromatic nitrogens is 2. The summed E-state index contributed by atoms with van der Waals surface area (Å²) in [5.41, 5.74) is 3.76. The summed E-state index contributed by atoms with van der Waals surface area (Å²) in [5.74, 6) is 1.33. The summed E-state index contributed by atoms with van der Waals surface area (Å²) < 4.78 is 1.90. The summed E-state index contributed by atoms with van der Waals surface area (Å²) in [6, 6.07) is 20.0. The number of amides is 1. The number of carbonyl (C=O) groups excluding carboxylic acids is 1. The Morgan fingerprint density at radius 3 is 2.52 bits per heavy atom. The summed E-state index contributed by atoms with van der Waals surface area (Å²) in [7, 11) is 0. The van der Waals surface area contributed by atoms with Gasteiger partial charge in [-0.3, -0.25) is 4.79 Å². The Bertz CT molecular complexity index is 953. The molecule has 2 fully saturated rings. The van der Waals surface area contributed by atoms with Gasteiger partial charge < -0.3 is 10.2 Å². The number of benzene rings is 2. The highest BCUT2D eigenvalue weighted by molar-refractivity contribution is 5.95. The van der Waals surface area contributed by atoms with Gasteiger partial charge in [-0.05, 0) is 36.1 Å². The summed E-state index contributed by atoms with van der Waals surface area (Å²) in [6.07, 6.45) is 1.80. The molecule has 0 radical (unpaired) electrons. The second kappa shape index (κ2) is 6.67. The van der Waals surface area contributed by atoms with Crippen molar-refractivity contribution >= 4 is 5.91 Å². The normalized spacial score (nSPS) is 21.4. The number of fused-ring (bicyclic) bond motifs is 1. The molecule has 1 N–H and O–H groups in total. The van der Waals surface area contributed by atoms with Crippen LogP contribution in [0.4, 0.5) is 0 Å². The van der Waals surface area contributed by atoms with E-state index in [0.29, 0.717) is 11.8 Å². The van der Waals surface area contributed by atoms with Gasteiger partial charge in [-0.15, -0.1) is 0 Å². The minimum Gasteiger partial charge on any atom is -0.338 e. The van der Waals surface area contributed by atoms with Crippen molar-refractivity contribution in [2.75, 3.05) is 26.2 Å². The predicted molar refractivity (Wildman–Crippen MR) is 105 cm³/mol. The van der Waals surface area contributed by atoms with Gasteiger partial charge in [0.2, 0.25) is 0 Å². The van der Waals surface area contributed by atoms with Crippen molar-refractivity contribution in [2.24, 2.45) is 11.8 Å².